The van der Waals surface area contributed by atoms with E-state index in [2.05, 4.69) is 27.4 Å². The zero-order chi connectivity index (χ0) is 15.1. The van der Waals surface area contributed by atoms with Crippen LogP contribution in [0.3, 0.4) is 0 Å². The van der Waals surface area contributed by atoms with E-state index in [1.807, 2.05) is 0 Å². The zero-order valence-electron chi connectivity index (χ0n) is 12.2. The number of methoxy groups -OCH3 is 1. The molecule has 0 aliphatic heterocycles. The molecule has 0 fully saturated rings. The minimum absolute atomic E-state index is 0.154. The van der Waals surface area contributed by atoms with E-state index in [-0.39, 0.29) is 6.04 Å². The van der Waals surface area contributed by atoms with E-state index in [0.29, 0.717) is 35.5 Å². The second-order valence-electron chi connectivity index (χ2n) is 4.68. The summed E-state index contributed by atoms with van der Waals surface area (Å²) < 4.78 is 10.5. The number of rotatable bonds is 8. The first-order chi connectivity index (χ1) is 10.2. The molecule has 2 aromatic heterocycles. The van der Waals surface area contributed by atoms with E-state index < -0.39 is 0 Å². The molecule has 2 heterocycles. The number of hydrogen-bond donors (Lipinski definition) is 1. The lowest BCUT2D eigenvalue weighted by Crippen LogP contribution is -2.35. The van der Waals surface area contributed by atoms with Gasteiger partial charge in [0.2, 0.25) is 11.7 Å². The summed E-state index contributed by atoms with van der Waals surface area (Å²) in [5.74, 6) is 1.03. The average Bonchev–Trinajstić information content (AvgIpc) is 2.94. The van der Waals surface area contributed by atoms with Gasteiger partial charge < -0.3 is 14.6 Å². The Bertz CT molecular complexity index is 544. The number of aromatic nitrogens is 3. The van der Waals surface area contributed by atoms with Gasteiger partial charge >= 0.3 is 0 Å². The minimum Gasteiger partial charge on any atom is -0.383 e. The summed E-state index contributed by atoms with van der Waals surface area (Å²) in [5, 5.41) is 7.91. The van der Waals surface area contributed by atoms with Gasteiger partial charge in [-0.25, -0.2) is 0 Å². The molecule has 1 atom stereocenters. The highest BCUT2D eigenvalue weighted by Gasteiger charge is 2.15. The van der Waals surface area contributed by atoms with Gasteiger partial charge in [0.05, 0.1) is 11.6 Å². The molecule has 1 N–H and O–H groups in total. The molecule has 0 aliphatic rings. The van der Waals surface area contributed by atoms with Gasteiger partial charge in [-0.1, -0.05) is 23.7 Å². The Hall–Kier alpha value is -1.50. The molecule has 114 valence electrons. The molecule has 0 saturated carbocycles. The average molecular weight is 311 g/mol. The number of ether oxygens (including phenoxy) is 1. The monoisotopic (exact) mass is 310 g/mol. The van der Waals surface area contributed by atoms with Crippen LogP contribution >= 0.6 is 11.6 Å². The van der Waals surface area contributed by atoms with Crippen LogP contribution in [0.25, 0.3) is 11.5 Å². The third-order valence-electron chi connectivity index (χ3n) is 2.90. The molecule has 1 unspecified atom stereocenters. The van der Waals surface area contributed by atoms with E-state index >= 15 is 0 Å². The standard InChI is InChI=1S/C14H19ClN4O2/c1-3-6-16-11(9-20-2)7-13-18-14(19-21-13)12-5-4-10(15)8-17-12/h4-5,8,11,16H,3,6-7,9H2,1-2H3. The van der Waals surface area contributed by atoms with Crippen molar-refractivity contribution in [3.63, 3.8) is 0 Å². The topological polar surface area (TPSA) is 73.1 Å². The van der Waals surface area contributed by atoms with E-state index in [1.54, 1.807) is 25.4 Å². The van der Waals surface area contributed by atoms with E-state index in [9.17, 15) is 0 Å². The highest BCUT2D eigenvalue weighted by Crippen LogP contribution is 2.16. The Morgan fingerprint density at radius 1 is 1.43 bits per heavy atom. The van der Waals surface area contributed by atoms with Gasteiger partial charge in [-0.15, -0.1) is 0 Å². The first kappa shape index (κ1) is 15.9. The van der Waals surface area contributed by atoms with Crippen molar-refractivity contribution in [2.45, 2.75) is 25.8 Å². The van der Waals surface area contributed by atoms with Crippen molar-refractivity contribution >= 4 is 11.6 Å². The van der Waals surface area contributed by atoms with Crippen molar-refractivity contribution in [3.8, 4) is 11.5 Å². The molecular weight excluding hydrogens is 292 g/mol. The van der Waals surface area contributed by atoms with Crippen molar-refractivity contribution in [2.24, 2.45) is 0 Å². The van der Waals surface area contributed by atoms with E-state index in [0.717, 1.165) is 13.0 Å². The molecule has 21 heavy (non-hydrogen) atoms. The molecule has 0 radical (unpaired) electrons. The number of hydrogen-bond acceptors (Lipinski definition) is 6. The Labute approximate surface area is 128 Å². The lowest BCUT2D eigenvalue weighted by molar-refractivity contribution is 0.161. The van der Waals surface area contributed by atoms with Gasteiger partial charge in [0, 0.05) is 25.8 Å². The van der Waals surface area contributed by atoms with Crippen LogP contribution in [0.5, 0.6) is 0 Å². The fraction of sp³-hybridized carbons (Fsp3) is 0.500. The first-order valence-electron chi connectivity index (χ1n) is 6.89. The molecular formula is C14H19ClN4O2. The van der Waals surface area contributed by atoms with Crippen molar-refractivity contribution in [3.05, 3.63) is 29.2 Å². The summed E-state index contributed by atoms with van der Waals surface area (Å²) in [6.45, 7) is 3.64. The second-order valence-corrected chi connectivity index (χ2v) is 5.12. The Kier molecular flexibility index (Phi) is 6.10. The molecule has 0 bridgehead atoms. The van der Waals surface area contributed by atoms with Gasteiger partial charge in [0.1, 0.15) is 5.69 Å². The van der Waals surface area contributed by atoms with Crippen LogP contribution in [0.4, 0.5) is 0 Å². The Balaban J connectivity index is 2.02. The van der Waals surface area contributed by atoms with E-state index in [1.165, 1.54) is 0 Å². The largest absolute Gasteiger partial charge is 0.383 e. The first-order valence-corrected chi connectivity index (χ1v) is 7.27. The predicted molar refractivity (Wildman–Crippen MR) is 80.2 cm³/mol. The van der Waals surface area contributed by atoms with Crippen molar-refractivity contribution < 1.29 is 9.26 Å². The summed E-state index contributed by atoms with van der Waals surface area (Å²) in [6.07, 6.45) is 3.24. The van der Waals surface area contributed by atoms with Gasteiger partial charge in [-0.2, -0.15) is 4.98 Å². The molecule has 0 saturated heterocycles. The number of nitrogens with one attached hydrogen (secondary N) is 1. The van der Waals surface area contributed by atoms with Crippen LogP contribution in [-0.4, -0.2) is 41.4 Å². The molecule has 0 aromatic carbocycles. The molecule has 0 amide bonds. The molecule has 2 rings (SSSR count). The quantitative estimate of drug-likeness (QED) is 0.807. The smallest absolute Gasteiger partial charge is 0.228 e. The Morgan fingerprint density at radius 3 is 2.95 bits per heavy atom. The lowest BCUT2D eigenvalue weighted by atomic mass is 10.2. The molecule has 2 aromatic rings. The minimum atomic E-state index is 0.154. The summed E-state index contributed by atoms with van der Waals surface area (Å²) in [7, 11) is 1.68. The van der Waals surface area contributed by atoms with Crippen LogP contribution < -0.4 is 5.32 Å². The van der Waals surface area contributed by atoms with Gasteiger partial charge in [0.25, 0.3) is 0 Å². The Morgan fingerprint density at radius 2 is 2.29 bits per heavy atom. The van der Waals surface area contributed by atoms with Crippen molar-refractivity contribution in [1.82, 2.24) is 20.4 Å². The molecule has 6 nitrogen and oxygen atoms in total. The number of nitrogens with zero attached hydrogens (tertiary/aromatic N) is 3. The fourth-order valence-electron chi connectivity index (χ4n) is 1.90. The number of pyridine rings is 1. The van der Waals surface area contributed by atoms with Gasteiger partial charge in [-0.05, 0) is 25.1 Å². The SMILES string of the molecule is CCCNC(COC)Cc1nc(-c2ccc(Cl)cn2)no1. The van der Waals surface area contributed by atoms with Crippen molar-refractivity contribution in [2.75, 3.05) is 20.3 Å². The highest BCUT2D eigenvalue weighted by atomic mass is 35.5. The van der Waals surface area contributed by atoms with Crippen LogP contribution in [-0.2, 0) is 11.2 Å². The maximum absolute atomic E-state index is 5.81. The van der Waals surface area contributed by atoms with Crippen molar-refractivity contribution in [1.29, 1.82) is 0 Å². The highest BCUT2D eigenvalue weighted by molar-refractivity contribution is 6.30. The van der Waals surface area contributed by atoms with Gasteiger partial charge in [-0.3, -0.25) is 4.98 Å². The second kappa shape index (κ2) is 8.07. The maximum atomic E-state index is 5.81. The normalized spacial score (nSPS) is 12.5. The van der Waals surface area contributed by atoms with Crippen LogP contribution in [0.15, 0.2) is 22.9 Å². The van der Waals surface area contributed by atoms with Crippen LogP contribution in [0.2, 0.25) is 5.02 Å². The van der Waals surface area contributed by atoms with Crippen LogP contribution in [0, 0.1) is 0 Å². The third-order valence-corrected chi connectivity index (χ3v) is 3.12. The van der Waals surface area contributed by atoms with Gasteiger partial charge in [0.15, 0.2) is 0 Å². The number of halogens is 1. The summed E-state index contributed by atoms with van der Waals surface area (Å²) in [5.41, 5.74) is 0.638. The molecule has 0 aliphatic carbocycles. The molecule has 0 spiro atoms. The maximum Gasteiger partial charge on any atom is 0.228 e. The fourth-order valence-corrected chi connectivity index (χ4v) is 2.01. The lowest BCUT2D eigenvalue weighted by Gasteiger charge is -2.15. The summed E-state index contributed by atoms with van der Waals surface area (Å²) in [4.78, 5) is 8.53. The zero-order valence-corrected chi connectivity index (χ0v) is 12.9. The predicted octanol–water partition coefficient (Wildman–Crippen LogP) is 2.34. The van der Waals surface area contributed by atoms with E-state index in [4.69, 9.17) is 20.9 Å². The summed E-state index contributed by atoms with van der Waals surface area (Å²) in [6, 6.07) is 3.66. The third kappa shape index (κ3) is 4.77. The molecule has 7 heteroatoms. The van der Waals surface area contributed by atoms with Crippen LogP contribution in [0.1, 0.15) is 19.2 Å². The summed E-state index contributed by atoms with van der Waals surface area (Å²) >= 11 is 5.81.